The summed E-state index contributed by atoms with van der Waals surface area (Å²) in [5.74, 6) is -1.71. The molecule has 74 valence electrons. The second-order valence-corrected chi connectivity index (χ2v) is 3.06. The Morgan fingerprint density at radius 1 is 1.21 bits per heavy atom. The number of rotatable bonds is 2. The van der Waals surface area contributed by atoms with Gasteiger partial charge in [0, 0.05) is 24.2 Å². The molecule has 4 heteroatoms. The van der Waals surface area contributed by atoms with Crippen molar-refractivity contribution in [1.82, 2.24) is 4.57 Å². The summed E-state index contributed by atoms with van der Waals surface area (Å²) in [6.45, 7) is 0.358. The van der Waals surface area contributed by atoms with Crippen LogP contribution < -0.4 is 0 Å². The van der Waals surface area contributed by atoms with Crippen LogP contribution in [-0.2, 0) is 6.54 Å². The molecule has 0 atom stereocenters. The van der Waals surface area contributed by atoms with Gasteiger partial charge >= 0.3 is 0 Å². The average Bonchev–Trinajstić information content (AvgIpc) is 2.51. The average molecular weight is 197 g/mol. The highest BCUT2D eigenvalue weighted by molar-refractivity contribution is 5.80. The molecule has 2 rings (SSSR count). The van der Waals surface area contributed by atoms with Crippen LogP contribution in [0.2, 0.25) is 0 Å². The number of aliphatic hydroxyl groups excluding tert-OH is 1. The second kappa shape index (κ2) is 3.38. The van der Waals surface area contributed by atoms with Crippen molar-refractivity contribution in [3.8, 4) is 0 Å². The van der Waals surface area contributed by atoms with E-state index in [1.54, 1.807) is 16.8 Å². The topological polar surface area (TPSA) is 25.2 Å². The summed E-state index contributed by atoms with van der Waals surface area (Å²) in [5.41, 5.74) is 0.595. The fraction of sp³-hybridized carbons (Fsp3) is 0.200. The van der Waals surface area contributed by atoms with Gasteiger partial charge in [-0.1, -0.05) is 0 Å². The van der Waals surface area contributed by atoms with E-state index < -0.39 is 11.6 Å². The van der Waals surface area contributed by atoms with Gasteiger partial charge in [-0.25, -0.2) is 8.78 Å². The standard InChI is InChI=1S/C10H9F2NO/c11-8-5-7-1-2-13(3-4-14)10(7)6-9(8)12/h1-2,5-6,14H,3-4H2. The first kappa shape index (κ1) is 9.15. The van der Waals surface area contributed by atoms with Gasteiger partial charge in [0.2, 0.25) is 0 Å². The third-order valence-electron chi connectivity index (χ3n) is 2.15. The molecule has 1 heterocycles. The zero-order valence-electron chi connectivity index (χ0n) is 7.37. The molecule has 1 aromatic heterocycles. The van der Waals surface area contributed by atoms with Crippen LogP contribution in [0.5, 0.6) is 0 Å². The number of fused-ring (bicyclic) bond motifs is 1. The van der Waals surface area contributed by atoms with Crippen LogP contribution in [0, 0.1) is 11.6 Å². The molecule has 0 amide bonds. The molecule has 0 radical (unpaired) electrons. The molecule has 14 heavy (non-hydrogen) atoms. The van der Waals surface area contributed by atoms with E-state index in [0.717, 1.165) is 12.1 Å². The lowest BCUT2D eigenvalue weighted by Crippen LogP contribution is -2.00. The number of hydrogen-bond acceptors (Lipinski definition) is 1. The van der Waals surface area contributed by atoms with Crippen LogP contribution in [0.15, 0.2) is 24.4 Å². The van der Waals surface area contributed by atoms with Gasteiger partial charge in [0.15, 0.2) is 11.6 Å². The largest absolute Gasteiger partial charge is 0.395 e. The summed E-state index contributed by atoms with van der Waals surface area (Å²) in [7, 11) is 0. The Morgan fingerprint density at radius 2 is 1.93 bits per heavy atom. The van der Waals surface area contributed by atoms with Crippen LogP contribution >= 0.6 is 0 Å². The zero-order chi connectivity index (χ0) is 10.1. The predicted octanol–water partition coefficient (Wildman–Crippen LogP) is 1.91. The minimum Gasteiger partial charge on any atom is -0.395 e. The third-order valence-corrected chi connectivity index (χ3v) is 2.15. The van der Waals surface area contributed by atoms with Crippen LogP contribution in [0.3, 0.4) is 0 Å². The summed E-state index contributed by atoms with van der Waals surface area (Å²) >= 11 is 0. The van der Waals surface area contributed by atoms with E-state index >= 15 is 0 Å². The molecule has 0 aliphatic heterocycles. The van der Waals surface area contributed by atoms with Crippen LogP contribution in [0.25, 0.3) is 10.9 Å². The highest BCUT2D eigenvalue weighted by atomic mass is 19.2. The Hall–Kier alpha value is -1.42. The van der Waals surface area contributed by atoms with E-state index in [9.17, 15) is 8.78 Å². The van der Waals surface area contributed by atoms with Crippen LogP contribution in [0.4, 0.5) is 8.78 Å². The Kier molecular flexibility index (Phi) is 2.21. The minimum atomic E-state index is -0.865. The van der Waals surface area contributed by atoms with Crippen LogP contribution in [0.1, 0.15) is 0 Å². The monoisotopic (exact) mass is 197 g/mol. The first-order valence-corrected chi connectivity index (χ1v) is 4.27. The van der Waals surface area contributed by atoms with Crippen molar-refractivity contribution >= 4 is 10.9 Å². The van der Waals surface area contributed by atoms with Gasteiger partial charge in [-0.05, 0) is 12.1 Å². The van der Waals surface area contributed by atoms with E-state index in [-0.39, 0.29) is 6.61 Å². The lowest BCUT2D eigenvalue weighted by atomic mass is 10.2. The Bertz CT molecular complexity index is 464. The van der Waals surface area contributed by atoms with Gasteiger partial charge in [0.25, 0.3) is 0 Å². The van der Waals surface area contributed by atoms with Gasteiger partial charge in [0.1, 0.15) is 0 Å². The highest BCUT2D eigenvalue weighted by Crippen LogP contribution is 2.19. The Morgan fingerprint density at radius 3 is 2.64 bits per heavy atom. The highest BCUT2D eigenvalue weighted by Gasteiger charge is 2.06. The number of halogens is 2. The van der Waals surface area contributed by atoms with Crippen molar-refractivity contribution in [3.05, 3.63) is 36.0 Å². The first-order valence-electron chi connectivity index (χ1n) is 4.27. The maximum atomic E-state index is 12.9. The normalized spacial score (nSPS) is 11.1. The van der Waals surface area contributed by atoms with Gasteiger partial charge < -0.3 is 9.67 Å². The molecular weight excluding hydrogens is 188 g/mol. The molecule has 2 nitrogen and oxygen atoms in total. The maximum Gasteiger partial charge on any atom is 0.160 e. The predicted molar refractivity (Wildman–Crippen MR) is 48.9 cm³/mol. The van der Waals surface area contributed by atoms with E-state index in [1.165, 1.54) is 0 Å². The summed E-state index contributed by atoms with van der Waals surface area (Å²) < 4.78 is 27.4. The van der Waals surface area contributed by atoms with Crippen molar-refractivity contribution in [1.29, 1.82) is 0 Å². The molecule has 0 saturated carbocycles. The second-order valence-electron chi connectivity index (χ2n) is 3.06. The van der Waals surface area contributed by atoms with Gasteiger partial charge in [-0.2, -0.15) is 0 Å². The zero-order valence-corrected chi connectivity index (χ0v) is 7.37. The van der Waals surface area contributed by atoms with E-state index in [4.69, 9.17) is 5.11 Å². The van der Waals surface area contributed by atoms with Gasteiger partial charge in [0.05, 0.1) is 12.1 Å². The van der Waals surface area contributed by atoms with Gasteiger partial charge in [-0.3, -0.25) is 0 Å². The lowest BCUT2D eigenvalue weighted by molar-refractivity contribution is 0.278. The fourth-order valence-corrected chi connectivity index (χ4v) is 1.49. The van der Waals surface area contributed by atoms with Crippen molar-refractivity contribution in [2.24, 2.45) is 0 Å². The molecule has 0 spiro atoms. The molecule has 1 N–H and O–H groups in total. The number of aromatic nitrogens is 1. The quantitative estimate of drug-likeness (QED) is 0.781. The minimum absolute atomic E-state index is 0.0250. The van der Waals surface area contributed by atoms with E-state index in [2.05, 4.69) is 0 Å². The lowest BCUT2D eigenvalue weighted by Gasteiger charge is -2.02. The van der Waals surface area contributed by atoms with E-state index in [1.807, 2.05) is 0 Å². The molecule has 0 unspecified atom stereocenters. The number of aliphatic hydroxyl groups is 1. The summed E-state index contributed by atoms with van der Waals surface area (Å²) in [5, 5.41) is 9.37. The van der Waals surface area contributed by atoms with Gasteiger partial charge in [-0.15, -0.1) is 0 Å². The van der Waals surface area contributed by atoms with E-state index in [0.29, 0.717) is 17.4 Å². The SMILES string of the molecule is OCCn1ccc2cc(F)c(F)cc21. The van der Waals surface area contributed by atoms with Crippen molar-refractivity contribution in [2.75, 3.05) is 6.61 Å². The summed E-state index contributed by atoms with van der Waals surface area (Å²) in [4.78, 5) is 0. The molecular formula is C10H9F2NO. The smallest absolute Gasteiger partial charge is 0.160 e. The number of nitrogens with zero attached hydrogens (tertiary/aromatic N) is 1. The Balaban J connectivity index is 2.61. The fourth-order valence-electron chi connectivity index (χ4n) is 1.49. The Labute approximate surface area is 79.4 Å². The summed E-state index contributed by atoms with van der Waals surface area (Å²) in [6.07, 6.45) is 1.69. The number of hydrogen-bond donors (Lipinski definition) is 1. The summed E-state index contributed by atoms with van der Waals surface area (Å²) in [6, 6.07) is 3.98. The first-order chi connectivity index (χ1) is 6.72. The maximum absolute atomic E-state index is 12.9. The molecule has 0 fully saturated rings. The van der Waals surface area contributed by atoms with Crippen molar-refractivity contribution in [2.45, 2.75) is 6.54 Å². The third kappa shape index (κ3) is 1.37. The molecule has 0 aliphatic carbocycles. The van der Waals surface area contributed by atoms with Crippen LogP contribution in [-0.4, -0.2) is 16.3 Å². The molecule has 0 aliphatic rings. The van der Waals surface area contributed by atoms with Crippen molar-refractivity contribution in [3.63, 3.8) is 0 Å². The number of benzene rings is 1. The molecule has 0 bridgehead atoms. The molecule has 2 aromatic rings. The van der Waals surface area contributed by atoms with Crippen molar-refractivity contribution < 1.29 is 13.9 Å². The molecule has 1 aromatic carbocycles. The molecule has 0 saturated heterocycles.